The molecular weight excluding hydrogens is 520 g/mol. The molecule has 1 heterocycles. The summed E-state index contributed by atoms with van der Waals surface area (Å²) in [5, 5.41) is 0.349. The summed E-state index contributed by atoms with van der Waals surface area (Å²) in [7, 11) is 0. The molecule has 0 radical (unpaired) electrons. The molecule has 6 heteroatoms. The molecule has 0 aliphatic carbocycles. The molecule has 0 amide bonds. The van der Waals surface area contributed by atoms with Gasteiger partial charge in [-0.15, -0.1) is 0 Å². The number of hydrogen-bond acceptors (Lipinski definition) is 6. The van der Waals surface area contributed by atoms with Crippen LogP contribution < -0.4 is 0 Å². The second kappa shape index (κ2) is 14.8. The van der Waals surface area contributed by atoms with Crippen LogP contribution >= 0.6 is 12.2 Å². The standard InChI is InChI=1S/C34H34O5S/c40-34-33(38-24-29-19-11-4-12-20-29)32(37-23-28-17-9-3-10-18-28)31(36-22-27-15-7-2-8-16-27)30(39-34)25-35-21-26-13-5-1-6-14-26/h1-20,30-33H,21-25H2/t30-,31+,32+,33-/m1/s1. The zero-order valence-electron chi connectivity index (χ0n) is 22.3. The Morgan fingerprint density at radius 3 is 1.38 bits per heavy atom. The van der Waals surface area contributed by atoms with Crippen LogP contribution in [0.5, 0.6) is 0 Å². The molecule has 40 heavy (non-hydrogen) atoms. The van der Waals surface area contributed by atoms with Gasteiger partial charge in [0.05, 0.1) is 33.0 Å². The van der Waals surface area contributed by atoms with E-state index in [4.69, 9.17) is 35.9 Å². The molecule has 0 N–H and O–H groups in total. The first-order valence-electron chi connectivity index (χ1n) is 13.5. The molecule has 4 aromatic rings. The predicted molar refractivity (Wildman–Crippen MR) is 159 cm³/mol. The van der Waals surface area contributed by atoms with Gasteiger partial charge in [0.25, 0.3) is 0 Å². The fourth-order valence-corrected chi connectivity index (χ4v) is 4.96. The van der Waals surface area contributed by atoms with E-state index in [2.05, 4.69) is 0 Å². The minimum absolute atomic E-state index is 0.297. The lowest BCUT2D eigenvalue weighted by atomic mass is 9.99. The van der Waals surface area contributed by atoms with Gasteiger partial charge in [0.2, 0.25) is 0 Å². The molecule has 1 aliphatic rings. The lowest BCUT2D eigenvalue weighted by molar-refractivity contribution is -0.194. The first-order valence-corrected chi connectivity index (χ1v) is 14.0. The minimum Gasteiger partial charge on any atom is -0.476 e. The smallest absolute Gasteiger partial charge is 0.192 e. The van der Waals surface area contributed by atoms with Crippen LogP contribution in [0.25, 0.3) is 0 Å². The summed E-state index contributed by atoms with van der Waals surface area (Å²) in [6.45, 7) is 1.92. The van der Waals surface area contributed by atoms with Gasteiger partial charge in [-0.2, -0.15) is 0 Å². The summed E-state index contributed by atoms with van der Waals surface area (Å²) >= 11 is 5.76. The third kappa shape index (κ3) is 8.07. The monoisotopic (exact) mass is 554 g/mol. The van der Waals surface area contributed by atoms with Crippen LogP contribution in [-0.2, 0) is 50.1 Å². The van der Waals surface area contributed by atoms with Gasteiger partial charge in [-0.25, -0.2) is 0 Å². The van der Waals surface area contributed by atoms with Gasteiger partial charge < -0.3 is 23.7 Å². The Kier molecular flexibility index (Phi) is 10.4. The SMILES string of the molecule is S=C1O[C@H](COCc2ccccc2)[C@H](OCc2ccccc2)[C@H](OCc2ccccc2)[C@H]1OCc1ccccc1. The van der Waals surface area contributed by atoms with Crippen molar-refractivity contribution in [1.29, 1.82) is 0 Å². The Balaban J connectivity index is 1.36. The molecule has 0 saturated carbocycles. The van der Waals surface area contributed by atoms with Crippen molar-refractivity contribution in [2.45, 2.75) is 50.8 Å². The van der Waals surface area contributed by atoms with Crippen molar-refractivity contribution < 1.29 is 23.7 Å². The molecule has 1 fully saturated rings. The van der Waals surface area contributed by atoms with E-state index in [1.807, 2.05) is 121 Å². The summed E-state index contributed by atoms with van der Waals surface area (Å²) < 4.78 is 31.9. The first-order chi connectivity index (χ1) is 19.8. The number of hydrogen-bond donors (Lipinski definition) is 0. The average Bonchev–Trinajstić information content (AvgIpc) is 3.01. The Morgan fingerprint density at radius 2 is 0.900 bits per heavy atom. The fourth-order valence-electron chi connectivity index (χ4n) is 4.64. The highest BCUT2D eigenvalue weighted by molar-refractivity contribution is 7.80. The van der Waals surface area contributed by atoms with Crippen molar-refractivity contribution >= 4 is 17.3 Å². The molecule has 5 nitrogen and oxygen atoms in total. The third-order valence-corrected chi connectivity index (χ3v) is 7.05. The van der Waals surface area contributed by atoms with Crippen molar-refractivity contribution in [3.05, 3.63) is 144 Å². The van der Waals surface area contributed by atoms with Gasteiger partial charge in [-0.3, -0.25) is 0 Å². The zero-order valence-corrected chi connectivity index (χ0v) is 23.2. The van der Waals surface area contributed by atoms with E-state index in [9.17, 15) is 0 Å². The number of ether oxygens (including phenoxy) is 5. The summed E-state index contributed by atoms with van der Waals surface area (Å²) in [5.41, 5.74) is 4.24. The molecule has 4 aromatic carbocycles. The lowest BCUT2D eigenvalue weighted by Gasteiger charge is -2.42. The summed E-state index contributed by atoms with van der Waals surface area (Å²) in [4.78, 5) is 0. The second-order valence-electron chi connectivity index (χ2n) is 9.72. The van der Waals surface area contributed by atoms with Crippen molar-refractivity contribution in [1.82, 2.24) is 0 Å². The molecule has 1 saturated heterocycles. The largest absolute Gasteiger partial charge is 0.476 e. The number of benzene rings is 4. The van der Waals surface area contributed by atoms with E-state index in [1.165, 1.54) is 0 Å². The maximum absolute atomic E-state index is 6.56. The summed E-state index contributed by atoms with van der Waals surface area (Å²) in [6.07, 6.45) is -2.03. The quantitative estimate of drug-likeness (QED) is 0.172. The van der Waals surface area contributed by atoms with E-state index in [0.717, 1.165) is 22.3 Å². The van der Waals surface area contributed by atoms with E-state index in [1.54, 1.807) is 0 Å². The minimum atomic E-state index is -0.593. The van der Waals surface area contributed by atoms with Crippen molar-refractivity contribution in [2.24, 2.45) is 0 Å². The van der Waals surface area contributed by atoms with E-state index in [-0.39, 0.29) is 0 Å². The van der Waals surface area contributed by atoms with Crippen molar-refractivity contribution in [3.63, 3.8) is 0 Å². The number of rotatable bonds is 13. The van der Waals surface area contributed by atoms with Crippen LogP contribution in [0, 0.1) is 0 Å². The van der Waals surface area contributed by atoms with Gasteiger partial charge in [-0.1, -0.05) is 121 Å². The lowest BCUT2D eigenvalue weighted by Crippen LogP contribution is -2.59. The Labute approximate surface area is 241 Å². The van der Waals surface area contributed by atoms with Crippen LogP contribution in [-0.4, -0.2) is 36.1 Å². The maximum atomic E-state index is 6.56. The Hall–Kier alpha value is -3.39. The highest BCUT2D eigenvalue weighted by Crippen LogP contribution is 2.29. The average molecular weight is 555 g/mol. The Morgan fingerprint density at radius 1 is 0.500 bits per heavy atom. The van der Waals surface area contributed by atoms with Gasteiger partial charge in [-0.05, 0) is 34.5 Å². The van der Waals surface area contributed by atoms with Crippen LogP contribution in [0.1, 0.15) is 22.3 Å². The second-order valence-corrected chi connectivity index (χ2v) is 10.1. The van der Waals surface area contributed by atoms with E-state index >= 15 is 0 Å². The molecular formula is C34H34O5S. The van der Waals surface area contributed by atoms with Crippen LogP contribution in [0.15, 0.2) is 121 Å². The molecule has 0 spiro atoms. The van der Waals surface area contributed by atoms with Crippen LogP contribution in [0.4, 0.5) is 0 Å². The summed E-state index contributed by atoms with van der Waals surface area (Å²) in [5.74, 6) is 0. The van der Waals surface area contributed by atoms with Gasteiger partial charge in [0, 0.05) is 0 Å². The molecule has 5 rings (SSSR count). The van der Waals surface area contributed by atoms with Crippen molar-refractivity contribution in [2.75, 3.05) is 6.61 Å². The third-order valence-electron chi connectivity index (χ3n) is 6.73. The van der Waals surface area contributed by atoms with Crippen molar-refractivity contribution in [3.8, 4) is 0 Å². The molecule has 0 aromatic heterocycles. The highest BCUT2D eigenvalue weighted by Gasteiger charge is 2.46. The normalized spacial score (nSPS) is 20.6. The zero-order chi connectivity index (χ0) is 27.4. The summed E-state index contributed by atoms with van der Waals surface area (Å²) in [6, 6.07) is 40.2. The van der Waals surface area contributed by atoms with Gasteiger partial charge in [0.1, 0.15) is 12.2 Å². The first kappa shape index (κ1) is 28.1. The molecule has 0 bridgehead atoms. The molecule has 4 atom stereocenters. The number of thiocarbonyl (C=S) groups is 1. The predicted octanol–water partition coefficient (Wildman–Crippen LogP) is 6.69. The maximum Gasteiger partial charge on any atom is 0.192 e. The fraction of sp³-hybridized carbons (Fsp3) is 0.265. The van der Waals surface area contributed by atoms with E-state index in [0.29, 0.717) is 38.1 Å². The van der Waals surface area contributed by atoms with E-state index < -0.39 is 24.4 Å². The van der Waals surface area contributed by atoms with Crippen LogP contribution in [0.2, 0.25) is 0 Å². The van der Waals surface area contributed by atoms with Gasteiger partial charge in [0.15, 0.2) is 17.3 Å². The topological polar surface area (TPSA) is 46.2 Å². The highest BCUT2D eigenvalue weighted by atomic mass is 32.1. The van der Waals surface area contributed by atoms with Gasteiger partial charge >= 0.3 is 0 Å². The molecule has 1 aliphatic heterocycles. The van der Waals surface area contributed by atoms with Crippen LogP contribution in [0.3, 0.4) is 0 Å². The molecule has 0 unspecified atom stereocenters. The Bertz CT molecular complexity index is 1290. The molecule has 206 valence electrons.